The first-order chi connectivity index (χ1) is 17.9. The monoisotopic (exact) mass is 550 g/mol. The van der Waals surface area contributed by atoms with Gasteiger partial charge in [0.05, 0.1) is 17.2 Å². The molecular formula is C29H34N4O3S2. The van der Waals surface area contributed by atoms with Crippen molar-refractivity contribution in [3.8, 4) is 27.4 Å². The average Bonchev–Trinajstić information content (AvgIpc) is 3.26. The summed E-state index contributed by atoms with van der Waals surface area (Å²) in [6.07, 6.45) is 0.925. The summed E-state index contributed by atoms with van der Waals surface area (Å²) in [4.78, 5) is 9.60. The van der Waals surface area contributed by atoms with Crippen LogP contribution < -0.4 is 15.2 Å². The van der Waals surface area contributed by atoms with E-state index in [9.17, 15) is 8.42 Å². The fourth-order valence-electron chi connectivity index (χ4n) is 3.91. The number of pyridine rings is 1. The summed E-state index contributed by atoms with van der Waals surface area (Å²) in [6, 6.07) is 20.4. The number of hydrogen-bond acceptors (Lipinski definition) is 7. The number of sulfonamides is 1. The van der Waals surface area contributed by atoms with Crippen LogP contribution in [0.15, 0.2) is 71.8 Å². The summed E-state index contributed by atoms with van der Waals surface area (Å²) < 4.78 is 34.9. The van der Waals surface area contributed by atoms with Crippen molar-refractivity contribution in [3.63, 3.8) is 0 Å². The first-order valence-corrected chi connectivity index (χ1v) is 14.8. The smallest absolute Gasteiger partial charge is 0.281 e. The molecule has 0 aliphatic carbocycles. The van der Waals surface area contributed by atoms with E-state index in [1.165, 1.54) is 23.5 Å². The van der Waals surface area contributed by atoms with Gasteiger partial charge in [-0.25, -0.2) is 9.97 Å². The van der Waals surface area contributed by atoms with Crippen LogP contribution in [0.1, 0.15) is 52.5 Å². The number of nitrogens with zero attached hydrogens (tertiary/aromatic N) is 2. The number of anilines is 2. The maximum absolute atomic E-state index is 13.1. The van der Waals surface area contributed by atoms with Gasteiger partial charge < -0.3 is 10.5 Å². The van der Waals surface area contributed by atoms with Crippen LogP contribution in [0.5, 0.6) is 5.75 Å². The van der Waals surface area contributed by atoms with Crippen molar-refractivity contribution in [2.45, 2.75) is 52.0 Å². The van der Waals surface area contributed by atoms with Crippen molar-refractivity contribution < 1.29 is 13.2 Å². The van der Waals surface area contributed by atoms with E-state index in [4.69, 9.17) is 15.5 Å². The second-order valence-electron chi connectivity index (χ2n) is 10.6. The quantitative estimate of drug-likeness (QED) is 0.228. The molecule has 38 heavy (non-hydrogen) atoms. The van der Waals surface area contributed by atoms with Gasteiger partial charge in [-0.15, -0.1) is 0 Å². The first-order valence-electron chi connectivity index (χ1n) is 12.5. The Morgan fingerprint density at radius 1 is 1.00 bits per heavy atom. The highest BCUT2D eigenvalue weighted by Crippen LogP contribution is 2.42. The number of thiazole rings is 1. The lowest BCUT2D eigenvalue weighted by Gasteiger charge is -2.18. The minimum Gasteiger partial charge on any atom is -0.494 e. The minimum atomic E-state index is -3.98. The van der Waals surface area contributed by atoms with Crippen molar-refractivity contribution in [2.24, 2.45) is 5.41 Å². The zero-order valence-corrected chi connectivity index (χ0v) is 24.0. The van der Waals surface area contributed by atoms with Crippen LogP contribution in [0.4, 0.5) is 10.9 Å². The van der Waals surface area contributed by atoms with Crippen molar-refractivity contribution >= 4 is 32.3 Å². The van der Waals surface area contributed by atoms with Gasteiger partial charge in [-0.2, -0.15) is 8.42 Å². The molecule has 0 spiro atoms. The number of benzene rings is 2. The van der Waals surface area contributed by atoms with Gasteiger partial charge in [0, 0.05) is 5.56 Å². The molecule has 200 valence electrons. The Balaban J connectivity index is 1.77. The van der Waals surface area contributed by atoms with E-state index < -0.39 is 10.0 Å². The Kier molecular flexibility index (Phi) is 8.08. The van der Waals surface area contributed by atoms with Crippen molar-refractivity contribution in [1.82, 2.24) is 9.97 Å². The maximum Gasteiger partial charge on any atom is 0.281 e. The standard InChI is InChI=1S/C29H34N4O3S2/c1-19(2)22-12-6-7-13-23(22)26-27(20-10-8-11-21(18-20)36-17-16-29(3,4)5)37-28(32-26)33-38(34,35)25-15-9-14-24(30)31-25/h6-15,18-19H,16-17H2,1-5H3,(H2,30,31)(H,32,33). The summed E-state index contributed by atoms with van der Waals surface area (Å²) in [7, 11) is -3.98. The van der Waals surface area contributed by atoms with Gasteiger partial charge in [0.25, 0.3) is 10.0 Å². The molecule has 2 aromatic heterocycles. The van der Waals surface area contributed by atoms with Crippen LogP contribution in [0.3, 0.4) is 0 Å². The van der Waals surface area contributed by atoms with Crippen molar-refractivity contribution in [2.75, 3.05) is 17.1 Å². The molecule has 0 atom stereocenters. The highest BCUT2D eigenvalue weighted by atomic mass is 32.2. The van der Waals surface area contributed by atoms with E-state index in [0.717, 1.165) is 33.7 Å². The minimum absolute atomic E-state index is 0.127. The zero-order valence-electron chi connectivity index (χ0n) is 22.4. The van der Waals surface area contributed by atoms with Gasteiger partial charge in [0.1, 0.15) is 11.6 Å². The van der Waals surface area contributed by atoms with E-state index in [1.807, 2.05) is 42.5 Å². The second-order valence-corrected chi connectivity index (χ2v) is 13.3. The lowest BCUT2D eigenvalue weighted by molar-refractivity contribution is 0.243. The Labute approximate surface area is 229 Å². The Bertz CT molecular complexity index is 1520. The largest absolute Gasteiger partial charge is 0.494 e. The van der Waals surface area contributed by atoms with E-state index >= 15 is 0 Å². The normalized spacial score (nSPS) is 12.1. The molecule has 0 aliphatic heterocycles. The molecule has 0 fully saturated rings. The number of nitrogens with two attached hydrogens (primary N) is 1. The van der Waals surface area contributed by atoms with Crippen LogP contribution in [-0.4, -0.2) is 25.0 Å². The Morgan fingerprint density at radius 3 is 2.45 bits per heavy atom. The molecule has 0 unspecified atom stereocenters. The predicted molar refractivity (Wildman–Crippen MR) is 156 cm³/mol. The summed E-state index contributed by atoms with van der Waals surface area (Å²) in [6.45, 7) is 11.4. The van der Waals surface area contributed by atoms with Gasteiger partial charge in [0.15, 0.2) is 10.2 Å². The number of nitrogen functional groups attached to an aromatic ring is 1. The molecule has 0 bridgehead atoms. The molecule has 2 heterocycles. The Hall–Kier alpha value is -3.43. The second kappa shape index (κ2) is 11.1. The van der Waals surface area contributed by atoms with E-state index in [2.05, 4.69) is 50.4 Å². The molecule has 7 nitrogen and oxygen atoms in total. The molecule has 0 radical (unpaired) electrons. The molecular weight excluding hydrogens is 516 g/mol. The first kappa shape index (κ1) is 27.6. The maximum atomic E-state index is 13.1. The van der Waals surface area contributed by atoms with Crippen LogP contribution in [0.2, 0.25) is 0 Å². The molecule has 2 aromatic carbocycles. The summed E-state index contributed by atoms with van der Waals surface area (Å²) in [5.41, 5.74) is 9.59. The van der Waals surface area contributed by atoms with Crippen molar-refractivity contribution in [3.05, 3.63) is 72.3 Å². The molecule has 4 aromatic rings. The van der Waals surface area contributed by atoms with Gasteiger partial charge in [-0.05, 0) is 53.1 Å². The van der Waals surface area contributed by atoms with Gasteiger partial charge >= 0.3 is 0 Å². The molecule has 0 amide bonds. The molecule has 0 aliphatic rings. The molecule has 4 rings (SSSR count). The van der Waals surface area contributed by atoms with Gasteiger partial charge in [-0.3, -0.25) is 4.72 Å². The van der Waals surface area contributed by atoms with Crippen molar-refractivity contribution in [1.29, 1.82) is 0 Å². The third-order valence-electron chi connectivity index (χ3n) is 5.92. The fraction of sp³-hybridized carbons (Fsp3) is 0.310. The highest BCUT2D eigenvalue weighted by Gasteiger charge is 2.23. The number of aromatic nitrogens is 2. The van der Waals surface area contributed by atoms with E-state index in [-0.39, 0.29) is 27.3 Å². The van der Waals surface area contributed by atoms with Crippen LogP contribution in [0, 0.1) is 5.41 Å². The molecule has 9 heteroatoms. The van der Waals surface area contributed by atoms with E-state index in [0.29, 0.717) is 12.3 Å². The summed E-state index contributed by atoms with van der Waals surface area (Å²) in [5.74, 6) is 1.14. The topological polar surface area (TPSA) is 107 Å². The number of rotatable bonds is 9. The van der Waals surface area contributed by atoms with E-state index in [1.54, 1.807) is 6.07 Å². The third kappa shape index (κ3) is 6.71. The number of hydrogen-bond donors (Lipinski definition) is 2. The van der Waals surface area contributed by atoms with Gasteiger partial charge in [0.2, 0.25) is 0 Å². The zero-order chi connectivity index (χ0) is 27.5. The van der Waals surface area contributed by atoms with Crippen LogP contribution >= 0.6 is 11.3 Å². The lowest BCUT2D eigenvalue weighted by Crippen LogP contribution is -2.14. The Morgan fingerprint density at radius 2 is 1.74 bits per heavy atom. The number of ether oxygens (including phenoxy) is 1. The molecule has 3 N–H and O–H groups in total. The summed E-state index contributed by atoms with van der Waals surface area (Å²) in [5, 5.41) is 0.0875. The van der Waals surface area contributed by atoms with Gasteiger partial charge in [-0.1, -0.05) is 88.4 Å². The van der Waals surface area contributed by atoms with Crippen LogP contribution in [0.25, 0.3) is 21.7 Å². The average molecular weight is 551 g/mol. The summed E-state index contributed by atoms with van der Waals surface area (Å²) >= 11 is 1.27. The van der Waals surface area contributed by atoms with Crippen LogP contribution in [-0.2, 0) is 10.0 Å². The lowest BCUT2D eigenvalue weighted by atomic mass is 9.93. The molecule has 0 saturated heterocycles. The number of nitrogens with one attached hydrogen (secondary N) is 1. The third-order valence-corrected chi connectivity index (χ3v) is 8.31. The highest BCUT2D eigenvalue weighted by molar-refractivity contribution is 7.92. The molecule has 0 saturated carbocycles. The SMILES string of the molecule is CC(C)c1ccccc1-c1nc(NS(=O)(=O)c2cccc(N)n2)sc1-c1cccc(OCCC(C)(C)C)c1. The predicted octanol–water partition coefficient (Wildman–Crippen LogP) is 7.19. The fourth-order valence-corrected chi connectivity index (χ4v) is 6.09.